The van der Waals surface area contributed by atoms with Crippen molar-refractivity contribution < 1.29 is 9.90 Å². The lowest BCUT2D eigenvalue weighted by molar-refractivity contribution is 0.0697. The predicted octanol–water partition coefficient (Wildman–Crippen LogP) is 3.69. The molecule has 0 saturated carbocycles. The van der Waals surface area contributed by atoms with Gasteiger partial charge in [-0.2, -0.15) is 0 Å². The van der Waals surface area contributed by atoms with Gasteiger partial charge >= 0.3 is 5.97 Å². The zero-order valence-electron chi connectivity index (χ0n) is 11.5. The Balaban J connectivity index is 2.55. The van der Waals surface area contributed by atoms with Crippen LogP contribution in [0, 0.1) is 0 Å². The molecule has 110 valence electrons. The van der Waals surface area contributed by atoms with E-state index >= 15 is 0 Å². The Morgan fingerprint density at radius 2 is 1.82 bits per heavy atom. The van der Waals surface area contributed by atoms with Crippen molar-refractivity contribution in [3.05, 3.63) is 69.9 Å². The second-order valence-corrected chi connectivity index (χ2v) is 5.36. The minimum Gasteiger partial charge on any atom is -0.478 e. The van der Waals surface area contributed by atoms with Gasteiger partial charge in [0.2, 0.25) is 0 Å². The fraction of sp³-hybridized carbons (Fsp3) is 0.0588. The van der Waals surface area contributed by atoms with Crippen LogP contribution in [-0.4, -0.2) is 15.6 Å². The zero-order valence-corrected chi connectivity index (χ0v) is 12.3. The summed E-state index contributed by atoms with van der Waals surface area (Å²) < 4.78 is 1.92. The van der Waals surface area contributed by atoms with Crippen LogP contribution in [-0.2, 0) is 6.54 Å². The summed E-state index contributed by atoms with van der Waals surface area (Å²) in [5.74, 6) is -1.07. The van der Waals surface area contributed by atoms with Crippen LogP contribution in [0.1, 0.15) is 10.4 Å². The largest absolute Gasteiger partial charge is 0.478 e. The monoisotopic (exact) mass is 313 g/mol. The van der Waals surface area contributed by atoms with Crippen LogP contribution in [0.3, 0.4) is 0 Å². The minimum atomic E-state index is -1.07. The quantitative estimate of drug-likeness (QED) is 0.592. The number of rotatable bonds is 3. The number of fused-ring (bicyclic) bond motifs is 2. The Kier molecular flexibility index (Phi) is 3.47. The normalized spacial score (nSPS) is 11.0. The van der Waals surface area contributed by atoms with E-state index in [1.807, 2.05) is 4.57 Å². The third-order valence-electron chi connectivity index (χ3n) is 3.58. The second kappa shape index (κ2) is 5.31. The van der Waals surface area contributed by atoms with Gasteiger partial charge in [0.05, 0.1) is 16.6 Å². The van der Waals surface area contributed by atoms with E-state index < -0.39 is 5.97 Å². The highest BCUT2D eigenvalue weighted by molar-refractivity contribution is 6.31. The number of aromatic nitrogens is 1. The minimum absolute atomic E-state index is 0.0798. The number of carboxylic acid groups (broad SMARTS) is 1. The number of pyridine rings is 1. The molecule has 0 radical (unpaired) electrons. The van der Waals surface area contributed by atoms with Gasteiger partial charge in [0.25, 0.3) is 0 Å². The van der Waals surface area contributed by atoms with Gasteiger partial charge < -0.3 is 9.67 Å². The Morgan fingerprint density at radius 1 is 1.18 bits per heavy atom. The average Bonchev–Trinajstić information content (AvgIpc) is 2.51. The van der Waals surface area contributed by atoms with Crippen molar-refractivity contribution in [1.29, 1.82) is 0 Å². The molecule has 0 aliphatic heterocycles. The van der Waals surface area contributed by atoms with E-state index in [-0.39, 0.29) is 11.0 Å². The molecule has 0 aliphatic carbocycles. The number of nitrogens with zero attached hydrogens (tertiary/aromatic N) is 1. The molecule has 0 spiro atoms. The average molecular weight is 314 g/mol. The first-order chi connectivity index (χ1) is 10.5. The van der Waals surface area contributed by atoms with Crippen molar-refractivity contribution in [2.24, 2.45) is 0 Å². The number of aromatic carboxylic acids is 1. The van der Waals surface area contributed by atoms with Crippen molar-refractivity contribution >= 4 is 39.4 Å². The van der Waals surface area contributed by atoms with Crippen molar-refractivity contribution in [2.45, 2.75) is 6.54 Å². The summed E-state index contributed by atoms with van der Waals surface area (Å²) in [6.45, 7) is 4.24. The summed E-state index contributed by atoms with van der Waals surface area (Å²) in [6.07, 6.45) is 1.73. The van der Waals surface area contributed by atoms with E-state index in [1.54, 1.807) is 30.3 Å². The van der Waals surface area contributed by atoms with Gasteiger partial charge in [-0.25, -0.2) is 4.79 Å². The lowest BCUT2D eigenvalue weighted by atomic mass is 10.1. The first-order valence-corrected chi connectivity index (χ1v) is 7.00. The summed E-state index contributed by atoms with van der Waals surface area (Å²) >= 11 is 5.99. The van der Waals surface area contributed by atoms with Gasteiger partial charge in [0, 0.05) is 22.3 Å². The highest BCUT2D eigenvalue weighted by Gasteiger charge is 2.13. The first-order valence-electron chi connectivity index (χ1n) is 6.63. The lowest BCUT2D eigenvalue weighted by Gasteiger charge is -2.14. The molecule has 1 N–H and O–H groups in total. The van der Waals surface area contributed by atoms with Gasteiger partial charge in [-0.15, -0.1) is 6.58 Å². The number of carboxylic acids is 1. The van der Waals surface area contributed by atoms with Crippen LogP contribution in [0.2, 0.25) is 5.02 Å². The number of hydrogen-bond acceptors (Lipinski definition) is 2. The van der Waals surface area contributed by atoms with E-state index in [1.165, 1.54) is 12.1 Å². The topological polar surface area (TPSA) is 59.3 Å². The molecule has 0 fully saturated rings. The summed E-state index contributed by atoms with van der Waals surface area (Å²) in [6, 6.07) is 9.66. The van der Waals surface area contributed by atoms with Gasteiger partial charge in [-0.05, 0) is 36.4 Å². The second-order valence-electron chi connectivity index (χ2n) is 4.93. The Morgan fingerprint density at radius 3 is 2.45 bits per heavy atom. The highest BCUT2D eigenvalue weighted by atomic mass is 35.5. The van der Waals surface area contributed by atoms with Gasteiger partial charge in [-0.3, -0.25) is 4.79 Å². The SMILES string of the molecule is C=CCn1c2ccc(Cl)cc2c(=O)c2cc(C(=O)O)ccc21. The maximum atomic E-state index is 12.7. The Labute approximate surface area is 130 Å². The maximum absolute atomic E-state index is 12.7. The van der Waals surface area contributed by atoms with Gasteiger partial charge in [0.15, 0.2) is 5.43 Å². The van der Waals surface area contributed by atoms with Crippen LogP contribution >= 0.6 is 11.6 Å². The molecule has 1 aromatic heterocycles. The fourth-order valence-corrected chi connectivity index (χ4v) is 2.78. The molecule has 3 aromatic rings. The molecule has 5 heteroatoms. The summed E-state index contributed by atoms with van der Waals surface area (Å²) in [5, 5.41) is 10.4. The van der Waals surface area contributed by atoms with Crippen LogP contribution in [0.4, 0.5) is 0 Å². The van der Waals surface area contributed by atoms with Crippen molar-refractivity contribution in [3.63, 3.8) is 0 Å². The van der Waals surface area contributed by atoms with E-state index in [0.717, 1.165) is 5.52 Å². The molecule has 4 nitrogen and oxygen atoms in total. The van der Waals surface area contributed by atoms with E-state index in [4.69, 9.17) is 16.7 Å². The Hall–Kier alpha value is -2.59. The molecular formula is C17H12ClNO3. The first kappa shape index (κ1) is 14.4. The van der Waals surface area contributed by atoms with Gasteiger partial charge in [-0.1, -0.05) is 17.7 Å². The third kappa shape index (κ3) is 2.18. The highest BCUT2D eigenvalue weighted by Crippen LogP contribution is 2.23. The third-order valence-corrected chi connectivity index (χ3v) is 3.82. The molecule has 2 aromatic carbocycles. The molecule has 0 atom stereocenters. The number of allylic oxidation sites excluding steroid dienone is 1. The van der Waals surface area contributed by atoms with Crippen LogP contribution in [0.15, 0.2) is 53.8 Å². The van der Waals surface area contributed by atoms with E-state index in [0.29, 0.717) is 27.9 Å². The number of halogens is 1. The number of benzene rings is 2. The standard InChI is InChI=1S/C17H12ClNO3/c1-2-7-19-14-5-3-10(17(21)22)8-12(14)16(20)13-9-11(18)4-6-15(13)19/h2-6,8-9H,1,7H2,(H,21,22). The smallest absolute Gasteiger partial charge is 0.335 e. The summed E-state index contributed by atoms with van der Waals surface area (Å²) in [5.41, 5.74) is 1.27. The fourth-order valence-electron chi connectivity index (χ4n) is 2.61. The predicted molar refractivity (Wildman–Crippen MR) is 87.9 cm³/mol. The molecule has 0 saturated heterocycles. The molecule has 1 heterocycles. The van der Waals surface area contributed by atoms with Crippen molar-refractivity contribution in [3.8, 4) is 0 Å². The number of carbonyl (C=O) groups is 1. The van der Waals surface area contributed by atoms with Gasteiger partial charge in [0.1, 0.15) is 0 Å². The Bertz CT molecular complexity index is 989. The maximum Gasteiger partial charge on any atom is 0.335 e. The van der Waals surface area contributed by atoms with Crippen LogP contribution in [0.25, 0.3) is 21.8 Å². The van der Waals surface area contributed by atoms with Crippen molar-refractivity contribution in [1.82, 2.24) is 4.57 Å². The molecule has 3 rings (SSSR count). The molecule has 0 bridgehead atoms. The van der Waals surface area contributed by atoms with E-state index in [9.17, 15) is 9.59 Å². The lowest BCUT2D eigenvalue weighted by Crippen LogP contribution is -2.12. The molecule has 22 heavy (non-hydrogen) atoms. The molecule has 0 unspecified atom stereocenters. The van der Waals surface area contributed by atoms with Crippen molar-refractivity contribution in [2.75, 3.05) is 0 Å². The zero-order chi connectivity index (χ0) is 15.9. The molecule has 0 amide bonds. The molecular weight excluding hydrogens is 302 g/mol. The van der Waals surface area contributed by atoms with Crippen LogP contribution < -0.4 is 5.43 Å². The molecule has 0 aliphatic rings. The summed E-state index contributed by atoms with van der Waals surface area (Å²) in [4.78, 5) is 23.8. The summed E-state index contributed by atoms with van der Waals surface area (Å²) in [7, 11) is 0. The van der Waals surface area contributed by atoms with Crippen LogP contribution in [0.5, 0.6) is 0 Å². The van der Waals surface area contributed by atoms with E-state index in [2.05, 4.69) is 6.58 Å². The number of hydrogen-bond donors (Lipinski definition) is 1.